The summed E-state index contributed by atoms with van der Waals surface area (Å²) in [5.74, 6) is 0. The zero-order valence-corrected chi connectivity index (χ0v) is 13.7. The van der Waals surface area contributed by atoms with Crippen molar-refractivity contribution in [2.24, 2.45) is 5.41 Å². The summed E-state index contributed by atoms with van der Waals surface area (Å²) in [5, 5.41) is 0. The molecule has 0 heterocycles. The lowest BCUT2D eigenvalue weighted by atomic mass is 9.89. The smallest absolute Gasteiger partial charge is 0.0720 e. The topological polar surface area (TPSA) is 9.23 Å². The van der Waals surface area contributed by atoms with Gasteiger partial charge < -0.3 is 4.74 Å². The van der Waals surface area contributed by atoms with Gasteiger partial charge in [-0.1, -0.05) is 71.9 Å². The van der Waals surface area contributed by atoms with Gasteiger partial charge >= 0.3 is 0 Å². The van der Waals surface area contributed by atoms with Crippen LogP contribution in [-0.2, 0) is 11.3 Å². The van der Waals surface area contributed by atoms with E-state index in [4.69, 9.17) is 4.74 Å². The van der Waals surface area contributed by atoms with Gasteiger partial charge in [0, 0.05) is 0 Å². The van der Waals surface area contributed by atoms with Crippen LogP contribution in [-0.4, -0.2) is 6.10 Å². The van der Waals surface area contributed by atoms with E-state index in [0.717, 1.165) is 19.4 Å². The highest BCUT2D eigenvalue weighted by molar-refractivity contribution is 5.13. The highest BCUT2D eigenvalue weighted by Gasteiger charge is 2.14. The van der Waals surface area contributed by atoms with Crippen molar-refractivity contribution in [1.82, 2.24) is 0 Å². The average Bonchev–Trinajstić information content (AvgIpc) is 2.41. The summed E-state index contributed by atoms with van der Waals surface area (Å²) < 4.78 is 5.97. The van der Waals surface area contributed by atoms with Crippen LogP contribution in [0.15, 0.2) is 30.3 Å². The summed E-state index contributed by atoms with van der Waals surface area (Å²) in [5.41, 5.74) is 1.67. The normalized spacial score (nSPS) is 12.5. The Hall–Kier alpha value is -0.820. The third-order valence-electron chi connectivity index (χ3n) is 3.00. The van der Waals surface area contributed by atoms with E-state index in [2.05, 4.69) is 52.0 Å². The number of ether oxygens (including phenoxy) is 1. The molecule has 1 heteroatoms. The lowest BCUT2D eigenvalue weighted by Crippen LogP contribution is -2.16. The second-order valence-corrected chi connectivity index (χ2v) is 5.93. The second-order valence-electron chi connectivity index (χ2n) is 5.93. The summed E-state index contributed by atoms with van der Waals surface area (Å²) >= 11 is 0. The molecule has 0 aliphatic rings. The highest BCUT2D eigenvalue weighted by Crippen LogP contribution is 2.23. The molecule has 0 bridgehead atoms. The predicted octanol–water partition coefficient (Wildman–Crippen LogP) is 5.83. The van der Waals surface area contributed by atoms with Crippen LogP contribution < -0.4 is 0 Å². The molecular formula is C18H32O. The number of benzene rings is 1. The maximum atomic E-state index is 5.97. The molecule has 0 saturated carbocycles. The molecule has 0 saturated heterocycles. The molecule has 0 fully saturated rings. The number of hydrogen-bond acceptors (Lipinski definition) is 1. The zero-order chi connectivity index (χ0) is 14.7. The Bertz CT molecular complexity index is 297. The minimum absolute atomic E-state index is 0.398. The summed E-state index contributed by atoms with van der Waals surface area (Å²) in [6.07, 6.45) is 3.88. The average molecular weight is 264 g/mol. The van der Waals surface area contributed by atoms with Crippen molar-refractivity contribution in [3.63, 3.8) is 0 Å². The van der Waals surface area contributed by atoms with E-state index < -0.39 is 0 Å². The standard InChI is InChI=1S/C16H26O.C2H6/c1-5-15(11-12-16(2,3)4)17-13-14-9-7-6-8-10-14;1-2/h6-10,15H,5,11-13H2,1-4H3;1-2H3/t15-;/m1./s1. The molecule has 0 spiro atoms. The molecule has 1 atom stereocenters. The minimum atomic E-state index is 0.398. The van der Waals surface area contributed by atoms with Gasteiger partial charge in [-0.2, -0.15) is 0 Å². The first-order valence-corrected chi connectivity index (χ1v) is 7.67. The Labute approximate surface area is 120 Å². The molecule has 0 aliphatic carbocycles. The fourth-order valence-electron chi connectivity index (χ4n) is 1.79. The van der Waals surface area contributed by atoms with Crippen LogP contribution in [0.1, 0.15) is 66.4 Å². The zero-order valence-electron chi connectivity index (χ0n) is 13.7. The van der Waals surface area contributed by atoms with E-state index in [-0.39, 0.29) is 0 Å². The first-order valence-electron chi connectivity index (χ1n) is 7.67. The molecular weight excluding hydrogens is 232 g/mol. The summed E-state index contributed by atoms with van der Waals surface area (Å²) in [6, 6.07) is 10.4. The SMILES string of the molecule is CC.CC[C@H](CCC(C)(C)C)OCc1ccccc1. The van der Waals surface area contributed by atoms with E-state index in [1.54, 1.807) is 0 Å². The summed E-state index contributed by atoms with van der Waals surface area (Å²) in [4.78, 5) is 0. The van der Waals surface area contributed by atoms with E-state index in [1.807, 2.05) is 19.9 Å². The Balaban J connectivity index is 0.00000154. The third kappa shape index (κ3) is 9.72. The Morgan fingerprint density at radius 3 is 2.11 bits per heavy atom. The van der Waals surface area contributed by atoms with Gasteiger partial charge in [0.05, 0.1) is 12.7 Å². The van der Waals surface area contributed by atoms with E-state index in [9.17, 15) is 0 Å². The van der Waals surface area contributed by atoms with Crippen molar-refractivity contribution in [3.8, 4) is 0 Å². The van der Waals surface area contributed by atoms with Crippen molar-refractivity contribution in [2.45, 2.75) is 73.5 Å². The Kier molecular flexibility index (Phi) is 9.59. The maximum Gasteiger partial charge on any atom is 0.0720 e. The third-order valence-corrected chi connectivity index (χ3v) is 3.00. The van der Waals surface area contributed by atoms with Crippen LogP contribution in [0.2, 0.25) is 0 Å². The molecule has 0 amide bonds. The first kappa shape index (κ1) is 18.2. The van der Waals surface area contributed by atoms with Gasteiger partial charge in [-0.3, -0.25) is 0 Å². The van der Waals surface area contributed by atoms with Gasteiger partial charge in [0.25, 0.3) is 0 Å². The van der Waals surface area contributed by atoms with Crippen LogP contribution in [0.4, 0.5) is 0 Å². The molecule has 1 aromatic rings. The van der Waals surface area contributed by atoms with Crippen molar-refractivity contribution < 1.29 is 4.74 Å². The van der Waals surface area contributed by atoms with Gasteiger partial charge in [-0.05, 0) is 30.2 Å². The summed E-state index contributed by atoms with van der Waals surface area (Å²) in [6.45, 7) is 13.8. The minimum Gasteiger partial charge on any atom is -0.374 e. The predicted molar refractivity (Wildman–Crippen MR) is 85.3 cm³/mol. The van der Waals surface area contributed by atoms with Crippen LogP contribution in [0, 0.1) is 5.41 Å². The molecule has 1 nitrogen and oxygen atoms in total. The van der Waals surface area contributed by atoms with Crippen LogP contribution in [0.5, 0.6) is 0 Å². The second kappa shape index (κ2) is 10.0. The molecule has 1 aromatic carbocycles. The fourth-order valence-corrected chi connectivity index (χ4v) is 1.79. The van der Waals surface area contributed by atoms with Gasteiger partial charge in [0.1, 0.15) is 0 Å². The van der Waals surface area contributed by atoms with E-state index >= 15 is 0 Å². The molecule has 19 heavy (non-hydrogen) atoms. The molecule has 110 valence electrons. The Morgan fingerprint density at radius 1 is 1.05 bits per heavy atom. The Morgan fingerprint density at radius 2 is 1.63 bits per heavy atom. The maximum absolute atomic E-state index is 5.97. The quantitative estimate of drug-likeness (QED) is 0.627. The molecule has 0 aliphatic heterocycles. The largest absolute Gasteiger partial charge is 0.374 e. The van der Waals surface area contributed by atoms with Crippen molar-refractivity contribution in [1.29, 1.82) is 0 Å². The summed E-state index contributed by atoms with van der Waals surface area (Å²) in [7, 11) is 0. The molecule has 0 unspecified atom stereocenters. The highest BCUT2D eigenvalue weighted by atomic mass is 16.5. The van der Waals surface area contributed by atoms with E-state index in [1.165, 1.54) is 12.0 Å². The van der Waals surface area contributed by atoms with Crippen molar-refractivity contribution in [2.75, 3.05) is 0 Å². The first-order chi connectivity index (χ1) is 9.01. The number of hydrogen-bond donors (Lipinski definition) is 0. The molecule has 0 radical (unpaired) electrons. The fraction of sp³-hybridized carbons (Fsp3) is 0.667. The van der Waals surface area contributed by atoms with Crippen LogP contribution >= 0.6 is 0 Å². The monoisotopic (exact) mass is 264 g/mol. The van der Waals surface area contributed by atoms with Crippen LogP contribution in [0.25, 0.3) is 0 Å². The molecule has 0 N–H and O–H groups in total. The van der Waals surface area contributed by atoms with Crippen LogP contribution in [0.3, 0.4) is 0 Å². The van der Waals surface area contributed by atoms with Crippen molar-refractivity contribution >= 4 is 0 Å². The lowest BCUT2D eigenvalue weighted by molar-refractivity contribution is 0.0256. The van der Waals surface area contributed by atoms with Crippen molar-refractivity contribution in [3.05, 3.63) is 35.9 Å². The van der Waals surface area contributed by atoms with Gasteiger partial charge in [-0.15, -0.1) is 0 Å². The molecule has 0 aromatic heterocycles. The lowest BCUT2D eigenvalue weighted by Gasteiger charge is -2.22. The van der Waals surface area contributed by atoms with Gasteiger partial charge in [-0.25, -0.2) is 0 Å². The van der Waals surface area contributed by atoms with E-state index in [0.29, 0.717) is 11.5 Å². The van der Waals surface area contributed by atoms with Gasteiger partial charge in [0.2, 0.25) is 0 Å². The molecule has 1 rings (SSSR count). The number of rotatable bonds is 6. The van der Waals surface area contributed by atoms with Gasteiger partial charge in [0.15, 0.2) is 0 Å².